The molecule has 0 unspecified atom stereocenters. The Balaban J connectivity index is 2.62. The molecule has 0 saturated heterocycles. The molecular weight excluding hydrogens is 248 g/mol. The number of hydrogen-bond donors (Lipinski definition) is 3. The van der Waals surface area contributed by atoms with Gasteiger partial charge < -0.3 is 20.1 Å². The first-order valence-corrected chi connectivity index (χ1v) is 5.82. The van der Waals surface area contributed by atoms with Crippen molar-refractivity contribution in [3.63, 3.8) is 0 Å². The Bertz CT molecular complexity index is 645. The van der Waals surface area contributed by atoms with E-state index in [4.69, 9.17) is 9.84 Å². The van der Waals surface area contributed by atoms with Gasteiger partial charge in [0.05, 0.1) is 12.3 Å². The normalized spacial score (nSPS) is 10.4. The first-order valence-electron chi connectivity index (χ1n) is 5.82. The standard InChI is InChI=1S/C13H14N2O4/c1-3-19-8-4-5-10-9(6-8)11(14-7(2)16)12(15-10)13(17)18/h4-6,15H,3H2,1-2H3,(H,14,16)(H,17,18). The number of amides is 1. The molecule has 1 aromatic heterocycles. The van der Waals surface area contributed by atoms with Crippen molar-refractivity contribution in [2.75, 3.05) is 11.9 Å². The molecule has 6 heteroatoms. The Morgan fingerprint density at radius 2 is 2.16 bits per heavy atom. The van der Waals surface area contributed by atoms with Gasteiger partial charge in [-0.05, 0) is 25.1 Å². The lowest BCUT2D eigenvalue weighted by Crippen LogP contribution is -2.09. The van der Waals surface area contributed by atoms with Crippen LogP contribution in [0.5, 0.6) is 5.75 Å². The van der Waals surface area contributed by atoms with E-state index in [0.29, 0.717) is 23.3 Å². The van der Waals surface area contributed by atoms with Gasteiger partial charge in [-0.3, -0.25) is 4.79 Å². The van der Waals surface area contributed by atoms with Crippen molar-refractivity contribution >= 4 is 28.5 Å². The van der Waals surface area contributed by atoms with Crippen molar-refractivity contribution < 1.29 is 19.4 Å². The molecule has 0 fully saturated rings. The molecule has 1 heterocycles. The van der Waals surface area contributed by atoms with Crippen LogP contribution in [-0.2, 0) is 4.79 Å². The van der Waals surface area contributed by atoms with Crippen molar-refractivity contribution in [3.05, 3.63) is 23.9 Å². The van der Waals surface area contributed by atoms with Gasteiger partial charge in [0.15, 0.2) is 0 Å². The maximum Gasteiger partial charge on any atom is 0.354 e. The summed E-state index contributed by atoms with van der Waals surface area (Å²) in [4.78, 5) is 25.1. The van der Waals surface area contributed by atoms with E-state index < -0.39 is 5.97 Å². The molecule has 19 heavy (non-hydrogen) atoms. The lowest BCUT2D eigenvalue weighted by molar-refractivity contribution is -0.114. The maximum atomic E-state index is 11.2. The Morgan fingerprint density at radius 3 is 2.74 bits per heavy atom. The van der Waals surface area contributed by atoms with Gasteiger partial charge in [-0.25, -0.2) is 4.79 Å². The molecule has 1 aromatic carbocycles. The van der Waals surface area contributed by atoms with Crippen LogP contribution in [0.15, 0.2) is 18.2 Å². The summed E-state index contributed by atoms with van der Waals surface area (Å²) in [6.45, 7) is 3.70. The summed E-state index contributed by atoms with van der Waals surface area (Å²) in [5.74, 6) is -0.833. The zero-order valence-electron chi connectivity index (χ0n) is 10.6. The molecule has 2 rings (SSSR count). The maximum absolute atomic E-state index is 11.2. The summed E-state index contributed by atoms with van der Waals surface area (Å²) in [5.41, 5.74) is 0.847. The van der Waals surface area contributed by atoms with E-state index >= 15 is 0 Å². The molecule has 0 saturated carbocycles. The van der Waals surface area contributed by atoms with Crippen molar-refractivity contribution in [1.82, 2.24) is 4.98 Å². The fourth-order valence-electron chi connectivity index (χ4n) is 1.89. The number of carboxylic acids is 1. The van der Waals surface area contributed by atoms with E-state index in [-0.39, 0.29) is 17.3 Å². The molecule has 0 atom stereocenters. The van der Waals surface area contributed by atoms with Crippen LogP contribution >= 0.6 is 0 Å². The second kappa shape index (κ2) is 5.01. The van der Waals surface area contributed by atoms with Gasteiger partial charge in [-0.15, -0.1) is 0 Å². The van der Waals surface area contributed by atoms with E-state index in [2.05, 4.69) is 10.3 Å². The number of H-pyrrole nitrogens is 1. The fraction of sp³-hybridized carbons (Fsp3) is 0.231. The van der Waals surface area contributed by atoms with Gasteiger partial charge >= 0.3 is 5.97 Å². The highest BCUT2D eigenvalue weighted by molar-refractivity contribution is 6.10. The smallest absolute Gasteiger partial charge is 0.354 e. The Kier molecular flexibility index (Phi) is 3.41. The number of carbonyl (C=O) groups excluding carboxylic acids is 1. The van der Waals surface area contributed by atoms with Crippen molar-refractivity contribution in [2.45, 2.75) is 13.8 Å². The topological polar surface area (TPSA) is 91.4 Å². The molecule has 0 aliphatic heterocycles. The van der Waals surface area contributed by atoms with Gasteiger partial charge in [-0.1, -0.05) is 0 Å². The number of rotatable bonds is 4. The molecule has 0 spiro atoms. The number of benzene rings is 1. The van der Waals surface area contributed by atoms with Crippen LogP contribution in [-0.4, -0.2) is 28.6 Å². The predicted molar refractivity (Wildman–Crippen MR) is 70.7 cm³/mol. The van der Waals surface area contributed by atoms with Gasteiger partial charge in [0.25, 0.3) is 0 Å². The van der Waals surface area contributed by atoms with Gasteiger partial charge in [0.1, 0.15) is 11.4 Å². The van der Waals surface area contributed by atoms with E-state index in [9.17, 15) is 9.59 Å². The first kappa shape index (κ1) is 12.9. The number of aromatic nitrogens is 1. The minimum Gasteiger partial charge on any atom is -0.494 e. The minimum absolute atomic E-state index is 0.0427. The molecule has 3 N–H and O–H groups in total. The molecule has 1 amide bonds. The highest BCUT2D eigenvalue weighted by atomic mass is 16.5. The third-order valence-corrected chi connectivity index (χ3v) is 2.60. The molecule has 100 valence electrons. The summed E-state index contributed by atoms with van der Waals surface area (Å²) in [6, 6.07) is 5.16. The van der Waals surface area contributed by atoms with Crippen LogP contribution in [0.2, 0.25) is 0 Å². The SMILES string of the molecule is CCOc1ccc2[nH]c(C(=O)O)c(NC(C)=O)c2c1. The zero-order chi connectivity index (χ0) is 14.0. The van der Waals surface area contributed by atoms with Crippen LogP contribution in [0.25, 0.3) is 10.9 Å². The Labute approximate surface area is 109 Å². The van der Waals surface area contributed by atoms with E-state index in [0.717, 1.165) is 0 Å². The first-order chi connectivity index (χ1) is 9.02. The fourth-order valence-corrected chi connectivity index (χ4v) is 1.89. The number of carbonyl (C=O) groups is 2. The Hall–Kier alpha value is -2.50. The van der Waals surface area contributed by atoms with Crippen LogP contribution in [0.4, 0.5) is 5.69 Å². The number of fused-ring (bicyclic) bond motifs is 1. The highest BCUT2D eigenvalue weighted by Gasteiger charge is 2.18. The minimum atomic E-state index is -1.13. The van der Waals surface area contributed by atoms with Crippen LogP contribution in [0.1, 0.15) is 24.3 Å². The third kappa shape index (κ3) is 2.52. The zero-order valence-corrected chi connectivity index (χ0v) is 10.6. The van der Waals surface area contributed by atoms with Crippen molar-refractivity contribution in [3.8, 4) is 5.75 Å². The number of anilines is 1. The lowest BCUT2D eigenvalue weighted by atomic mass is 10.2. The van der Waals surface area contributed by atoms with E-state index in [1.165, 1.54) is 6.92 Å². The summed E-state index contributed by atoms with van der Waals surface area (Å²) < 4.78 is 5.37. The molecule has 2 aromatic rings. The molecule has 0 aliphatic rings. The summed E-state index contributed by atoms with van der Waals surface area (Å²) in [6.07, 6.45) is 0. The number of nitrogens with one attached hydrogen (secondary N) is 2. The molecule has 0 aliphatic carbocycles. The van der Waals surface area contributed by atoms with Gasteiger partial charge in [0, 0.05) is 17.8 Å². The number of ether oxygens (including phenoxy) is 1. The highest BCUT2D eigenvalue weighted by Crippen LogP contribution is 2.31. The second-order valence-corrected chi connectivity index (χ2v) is 4.00. The average molecular weight is 262 g/mol. The van der Waals surface area contributed by atoms with Crippen LogP contribution in [0.3, 0.4) is 0 Å². The quantitative estimate of drug-likeness (QED) is 0.787. The monoisotopic (exact) mass is 262 g/mol. The summed E-state index contributed by atoms with van der Waals surface area (Å²) in [5, 5.41) is 12.3. The van der Waals surface area contributed by atoms with Crippen molar-refractivity contribution in [1.29, 1.82) is 0 Å². The molecule has 0 radical (unpaired) electrons. The lowest BCUT2D eigenvalue weighted by Gasteiger charge is -2.04. The average Bonchev–Trinajstić information content (AvgIpc) is 2.68. The van der Waals surface area contributed by atoms with E-state index in [1.54, 1.807) is 18.2 Å². The largest absolute Gasteiger partial charge is 0.494 e. The van der Waals surface area contributed by atoms with E-state index in [1.807, 2.05) is 6.92 Å². The molecule has 0 bridgehead atoms. The number of aromatic carboxylic acids is 1. The second-order valence-electron chi connectivity index (χ2n) is 4.00. The van der Waals surface area contributed by atoms with Gasteiger partial charge in [0.2, 0.25) is 5.91 Å². The summed E-state index contributed by atoms with van der Waals surface area (Å²) >= 11 is 0. The number of carboxylic acid groups (broad SMARTS) is 1. The van der Waals surface area contributed by atoms with Crippen molar-refractivity contribution in [2.24, 2.45) is 0 Å². The summed E-state index contributed by atoms with van der Waals surface area (Å²) in [7, 11) is 0. The molecule has 6 nitrogen and oxygen atoms in total. The Morgan fingerprint density at radius 1 is 1.42 bits per heavy atom. The number of aromatic amines is 1. The molecular formula is C13H14N2O4. The predicted octanol–water partition coefficient (Wildman–Crippen LogP) is 2.22. The van der Waals surface area contributed by atoms with Crippen LogP contribution in [0, 0.1) is 0 Å². The van der Waals surface area contributed by atoms with Crippen LogP contribution < -0.4 is 10.1 Å². The van der Waals surface area contributed by atoms with Gasteiger partial charge in [-0.2, -0.15) is 0 Å². The number of hydrogen-bond acceptors (Lipinski definition) is 3. The third-order valence-electron chi connectivity index (χ3n) is 2.60.